The van der Waals surface area contributed by atoms with Crippen LogP contribution in [0.15, 0.2) is 24.3 Å². The van der Waals surface area contributed by atoms with Crippen LogP contribution < -0.4 is 4.74 Å². The van der Waals surface area contributed by atoms with Crippen LogP contribution in [0.5, 0.6) is 5.75 Å². The second-order valence-corrected chi connectivity index (χ2v) is 4.09. The number of benzene rings is 1. The third-order valence-electron chi connectivity index (χ3n) is 3.22. The molecule has 1 aliphatic rings. The Morgan fingerprint density at radius 1 is 1.43 bits per heavy atom. The molecule has 0 amide bonds. The normalized spacial score (nSPS) is 29.7. The molecule has 14 heavy (non-hydrogen) atoms. The first-order valence-electron chi connectivity index (χ1n) is 4.80. The zero-order chi connectivity index (χ0) is 10.2. The lowest BCUT2D eigenvalue weighted by Crippen LogP contribution is -2.04. The van der Waals surface area contributed by atoms with E-state index in [1.807, 2.05) is 24.3 Å². The lowest BCUT2D eigenvalue weighted by molar-refractivity contribution is -0.109. The Hall–Kier alpha value is -1.31. The molecule has 2 atom stereocenters. The van der Waals surface area contributed by atoms with Crippen LogP contribution in [0.3, 0.4) is 0 Å². The molecule has 0 aromatic heterocycles. The smallest absolute Gasteiger partial charge is 0.123 e. The maximum Gasteiger partial charge on any atom is 0.123 e. The Kier molecular flexibility index (Phi) is 2.06. The van der Waals surface area contributed by atoms with Crippen molar-refractivity contribution < 1.29 is 9.53 Å². The van der Waals surface area contributed by atoms with E-state index in [-0.39, 0.29) is 11.3 Å². The van der Waals surface area contributed by atoms with Crippen molar-refractivity contribution in [3.05, 3.63) is 29.8 Å². The zero-order valence-corrected chi connectivity index (χ0v) is 8.49. The minimum Gasteiger partial charge on any atom is -0.497 e. The number of aldehydes is 1. The second kappa shape index (κ2) is 3.12. The van der Waals surface area contributed by atoms with Crippen molar-refractivity contribution in [2.45, 2.75) is 18.8 Å². The van der Waals surface area contributed by atoms with Crippen molar-refractivity contribution in [2.24, 2.45) is 5.92 Å². The number of hydrogen-bond donors (Lipinski definition) is 0. The van der Waals surface area contributed by atoms with Crippen LogP contribution in [0.4, 0.5) is 0 Å². The molecule has 1 fully saturated rings. The molecule has 0 radical (unpaired) electrons. The molecule has 0 spiro atoms. The summed E-state index contributed by atoms with van der Waals surface area (Å²) in [5.41, 5.74) is 1.31. The van der Waals surface area contributed by atoms with Crippen LogP contribution in [0.25, 0.3) is 0 Å². The molecule has 0 aliphatic heterocycles. The Morgan fingerprint density at radius 3 is 2.50 bits per heavy atom. The summed E-state index contributed by atoms with van der Waals surface area (Å²) in [6.45, 7) is 2.13. The number of methoxy groups -OCH3 is 1. The Morgan fingerprint density at radius 2 is 2.07 bits per heavy atom. The van der Waals surface area contributed by atoms with E-state index in [1.54, 1.807) is 7.11 Å². The van der Waals surface area contributed by atoms with Gasteiger partial charge in [0.25, 0.3) is 0 Å². The predicted octanol–water partition coefficient (Wildman–Crippen LogP) is 2.17. The average Bonchev–Trinajstić information content (AvgIpc) is 2.91. The van der Waals surface area contributed by atoms with Crippen LogP contribution in [0.1, 0.15) is 18.9 Å². The molecule has 1 aromatic carbocycles. The molecule has 0 bridgehead atoms. The first kappa shape index (κ1) is 9.25. The topological polar surface area (TPSA) is 26.3 Å². The van der Waals surface area contributed by atoms with Gasteiger partial charge in [-0.05, 0) is 24.1 Å². The third-order valence-corrected chi connectivity index (χ3v) is 3.22. The van der Waals surface area contributed by atoms with Crippen LogP contribution in [-0.4, -0.2) is 13.4 Å². The molecule has 0 N–H and O–H groups in total. The summed E-state index contributed by atoms with van der Waals surface area (Å²) in [6.07, 6.45) is 2.03. The second-order valence-electron chi connectivity index (χ2n) is 4.09. The fourth-order valence-corrected chi connectivity index (χ4v) is 1.90. The SMILES string of the molecule is COc1ccc(C2(C)CC2C=O)cc1. The van der Waals surface area contributed by atoms with Gasteiger partial charge in [-0.1, -0.05) is 19.1 Å². The summed E-state index contributed by atoms with van der Waals surface area (Å²) in [6, 6.07) is 7.98. The van der Waals surface area contributed by atoms with Crippen LogP contribution in [-0.2, 0) is 10.2 Å². The first-order valence-corrected chi connectivity index (χ1v) is 4.80. The van der Waals surface area contributed by atoms with Gasteiger partial charge in [0.2, 0.25) is 0 Å². The predicted molar refractivity (Wildman–Crippen MR) is 54.5 cm³/mol. The molecule has 1 aromatic rings. The molecule has 2 nitrogen and oxygen atoms in total. The van der Waals surface area contributed by atoms with Crippen molar-refractivity contribution in [1.29, 1.82) is 0 Å². The average molecular weight is 190 g/mol. The summed E-state index contributed by atoms with van der Waals surface area (Å²) in [4.78, 5) is 10.7. The van der Waals surface area contributed by atoms with E-state index in [4.69, 9.17) is 4.74 Å². The van der Waals surface area contributed by atoms with Crippen molar-refractivity contribution >= 4 is 6.29 Å². The van der Waals surface area contributed by atoms with E-state index >= 15 is 0 Å². The van der Waals surface area contributed by atoms with Gasteiger partial charge in [0, 0.05) is 11.3 Å². The number of ether oxygens (including phenoxy) is 1. The van der Waals surface area contributed by atoms with E-state index in [1.165, 1.54) is 5.56 Å². The highest BCUT2D eigenvalue weighted by Gasteiger charge is 2.50. The molecule has 2 unspecified atom stereocenters. The van der Waals surface area contributed by atoms with Gasteiger partial charge in [-0.15, -0.1) is 0 Å². The van der Waals surface area contributed by atoms with Crippen molar-refractivity contribution in [3.63, 3.8) is 0 Å². The molecule has 0 heterocycles. The minimum absolute atomic E-state index is 0.0774. The molecule has 2 heteroatoms. The van der Waals surface area contributed by atoms with Gasteiger partial charge in [0.15, 0.2) is 0 Å². The maximum absolute atomic E-state index is 10.7. The molecule has 2 rings (SSSR count). The number of rotatable bonds is 3. The monoisotopic (exact) mass is 190 g/mol. The number of carbonyl (C=O) groups excluding carboxylic acids is 1. The highest BCUT2D eigenvalue weighted by Crippen LogP contribution is 2.52. The van der Waals surface area contributed by atoms with E-state index in [0.29, 0.717) is 0 Å². The van der Waals surface area contributed by atoms with Crippen LogP contribution in [0, 0.1) is 5.92 Å². The van der Waals surface area contributed by atoms with Gasteiger partial charge in [0.1, 0.15) is 12.0 Å². The van der Waals surface area contributed by atoms with E-state index in [2.05, 4.69) is 6.92 Å². The maximum atomic E-state index is 10.7. The van der Waals surface area contributed by atoms with Crippen molar-refractivity contribution in [1.82, 2.24) is 0 Å². The fraction of sp³-hybridized carbons (Fsp3) is 0.417. The lowest BCUT2D eigenvalue weighted by atomic mass is 9.96. The van der Waals surface area contributed by atoms with E-state index in [9.17, 15) is 4.79 Å². The Balaban J connectivity index is 2.22. The molecular weight excluding hydrogens is 176 g/mol. The summed E-state index contributed by atoms with van der Waals surface area (Å²) in [7, 11) is 1.65. The molecule has 1 saturated carbocycles. The number of carbonyl (C=O) groups is 1. The zero-order valence-electron chi connectivity index (χ0n) is 8.49. The largest absolute Gasteiger partial charge is 0.497 e. The third kappa shape index (κ3) is 1.31. The standard InChI is InChI=1S/C12H14O2/c1-12(7-10(12)8-13)9-3-5-11(14-2)6-4-9/h3-6,8,10H,7H2,1-2H3. The summed E-state index contributed by atoms with van der Waals surface area (Å²) in [5, 5.41) is 0. The van der Waals surface area contributed by atoms with Gasteiger partial charge in [-0.2, -0.15) is 0 Å². The Labute approximate surface area is 83.9 Å². The summed E-state index contributed by atoms with van der Waals surface area (Å²) in [5.74, 6) is 1.07. The first-order chi connectivity index (χ1) is 6.70. The van der Waals surface area contributed by atoms with Gasteiger partial charge in [0.05, 0.1) is 7.11 Å². The van der Waals surface area contributed by atoms with Crippen LogP contribution >= 0.6 is 0 Å². The minimum atomic E-state index is 0.0774. The highest BCUT2D eigenvalue weighted by molar-refractivity contribution is 5.64. The van der Waals surface area contributed by atoms with Crippen molar-refractivity contribution in [3.8, 4) is 5.75 Å². The van der Waals surface area contributed by atoms with E-state index < -0.39 is 0 Å². The molecule has 1 aliphatic carbocycles. The summed E-state index contributed by atoms with van der Waals surface area (Å²) >= 11 is 0. The van der Waals surface area contributed by atoms with Crippen molar-refractivity contribution in [2.75, 3.05) is 7.11 Å². The quantitative estimate of drug-likeness (QED) is 0.683. The molecule has 0 saturated heterocycles. The fourth-order valence-electron chi connectivity index (χ4n) is 1.90. The van der Waals surface area contributed by atoms with Crippen LogP contribution in [0.2, 0.25) is 0 Å². The Bertz CT molecular complexity index is 342. The molecular formula is C12H14O2. The van der Waals surface area contributed by atoms with Gasteiger partial charge in [-0.25, -0.2) is 0 Å². The van der Waals surface area contributed by atoms with E-state index in [0.717, 1.165) is 18.5 Å². The van der Waals surface area contributed by atoms with Gasteiger partial charge in [-0.3, -0.25) is 0 Å². The summed E-state index contributed by atoms with van der Waals surface area (Å²) < 4.78 is 5.09. The lowest BCUT2D eigenvalue weighted by Gasteiger charge is -2.10. The molecule has 74 valence electrons. The van der Waals surface area contributed by atoms with Gasteiger partial charge < -0.3 is 9.53 Å². The van der Waals surface area contributed by atoms with Gasteiger partial charge >= 0.3 is 0 Å². The highest BCUT2D eigenvalue weighted by atomic mass is 16.5. The number of hydrogen-bond acceptors (Lipinski definition) is 2.